The molecule has 3 heteroatoms. The van der Waals surface area contributed by atoms with Crippen molar-refractivity contribution >= 4 is 15.9 Å². The van der Waals surface area contributed by atoms with Crippen LogP contribution in [0.3, 0.4) is 0 Å². The van der Waals surface area contributed by atoms with E-state index in [1.54, 1.807) is 0 Å². The van der Waals surface area contributed by atoms with Gasteiger partial charge in [0.15, 0.2) is 0 Å². The lowest BCUT2D eigenvalue weighted by Crippen LogP contribution is -2.31. The molecule has 1 rings (SSSR count). The first kappa shape index (κ1) is 15.7. The molecule has 1 unspecified atom stereocenters. The summed E-state index contributed by atoms with van der Waals surface area (Å²) in [6.45, 7) is 9.81. The van der Waals surface area contributed by atoms with E-state index < -0.39 is 0 Å². The van der Waals surface area contributed by atoms with Crippen LogP contribution >= 0.6 is 15.9 Å². The number of hydrogen-bond donors (Lipinski definition) is 1. The lowest BCUT2D eigenvalue weighted by molar-refractivity contribution is 0.205. The molecule has 0 amide bonds. The van der Waals surface area contributed by atoms with Crippen LogP contribution in [0.5, 0.6) is 0 Å². The van der Waals surface area contributed by atoms with Gasteiger partial charge in [-0.2, -0.15) is 0 Å². The third kappa shape index (κ3) is 4.38. The van der Waals surface area contributed by atoms with E-state index in [2.05, 4.69) is 65.1 Å². The molecular formula is C15H25BrN2. The Kier molecular flexibility index (Phi) is 6.90. The minimum Gasteiger partial charge on any atom is -0.316 e. The van der Waals surface area contributed by atoms with Crippen LogP contribution in [0.4, 0.5) is 0 Å². The highest BCUT2D eigenvalue weighted by Crippen LogP contribution is 2.21. The zero-order valence-electron chi connectivity index (χ0n) is 12.0. The highest BCUT2D eigenvalue weighted by Gasteiger charge is 2.12. The fourth-order valence-electron chi connectivity index (χ4n) is 2.09. The van der Waals surface area contributed by atoms with Gasteiger partial charge in [-0.15, -0.1) is 0 Å². The largest absolute Gasteiger partial charge is 0.316 e. The Bertz CT molecular complexity index is 366. The summed E-state index contributed by atoms with van der Waals surface area (Å²) in [5.74, 6) is 0. The number of rotatable bonds is 7. The Hall–Kier alpha value is -0.380. The molecule has 0 saturated heterocycles. The quantitative estimate of drug-likeness (QED) is 0.824. The minimum atomic E-state index is 0.638. The van der Waals surface area contributed by atoms with Crippen LogP contribution in [0, 0.1) is 0 Å². The highest BCUT2D eigenvalue weighted by molar-refractivity contribution is 9.10. The standard InChI is InChI=1S/C15H25BrN2/c1-5-12(3)18(6-2)11-14-8-7-13(10-17-4)9-15(14)16/h7-9,12,17H,5-6,10-11H2,1-4H3. The van der Waals surface area contributed by atoms with Gasteiger partial charge < -0.3 is 5.32 Å². The molecule has 0 saturated carbocycles. The molecule has 1 aromatic carbocycles. The molecular weight excluding hydrogens is 288 g/mol. The molecule has 1 aromatic rings. The number of nitrogens with one attached hydrogen (secondary N) is 1. The van der Waals surface area contributed by atoms with Gasteiger partial charge in [0.25, 0.3) is 0 Å². The lowest BCUT2D eigenvalue weighted by Gasteiger charge is -2.27. The predicted molar refractivity (Wildman–Crippen MR) is 82.7 cm³/mol. The van der Waals surface area contributed by atoms with E-state index in [-0.39, 0.29) is 0 Å². The SMILES string of the molecule is CCC(C)N(CC)Cc1ccc(CNC)cc1Br. The molecule has 0 aliphatic carbocycles. The van der Waals surface area contributed by atoms with Gasteiger partial charge in [0.05, 0.1) is 0 Å². The Balaban J connectivity index is 2.77. The molecule has 0 bridgehead atoms. The molecule has 0 heterocycles. The van der Waals surface area contributed by atoms with Gasteiger partial charge in [-0.25, -0.2) is 0 Å². The molecule has 0 fully saturated rings. The van der Waals surface area contributed by atoms with Gasteiger partial charge in [-0.1, -0.05) is 41.9 Å². The maximum atomic E-state index is 3.69. The first-order chi connectivity index (χ1) is 8.62. The van der Waals surface area contributed by atoms with Gasteiger partial charge in [0.1, 0.15) is 0 Å². The summed E-state index contributed by atoms with van der Waals surface area (Å²) in [6, 6.07) is 7.30. The molecule has 0 radical (unpaired) electrons. The Morgan fingerprint density at radius 2 is 2.06 bits per heavy atom. The van der Waals surface area contributed by atoms with Crippen molar-refractivity contribution in [3.05, 3.63) is 33.8 Å². The van der Waals surface area contributed by atoms with Crippen molar-refractivity contribution in [2.45, 2.75) is 46.3 Å². The molecule has 0 aromatic heterocycles. The van der Waals surface area contributed by atoms with Crippen molar-refractivity contribution in [3.8, 4) is 0 Å². The summed E-state index contributed by atoms with van der Waals surface area (Å²) in [5.41, 5.74) is 2.69. The van der Waals surface area contributed by atoms with Crippen LogP contribution in [0.2, 0.25) is 0 Å². The number of benzene rings is 1. The lowest BCUT2D eigenvalue weighted by atomic mass is 10.1. The van der Waals surface area contributed by atoms with Crippen LogP contribution in [-0.4, -0.2) is 24.5 Å². The molecule has 1 atom stereocenters. The number of halogens is 1. The van der Waals surface area contributed by atoms with Crippen molar-refractivity contribution in [3.63, 3.8) is 0 Å². The van der Waals surface area contributed by atoms with Gasteiger partial charge in [0, 0.05) is 23.6 Å². The van der Waals surface area contributed by atoms with Crippen LogP contribution < -0.4 is 5.32 Å². The molecule has 0 aliphatic heterocycles. The van der Waals surface area contributed by atoms with Gasteiger partial charge in [-0.05, 0) is 44.1 Å². The van der Waals surface area contributed by atoms with Crippen molar-refractivity contribution in [1.82, 2.24) is 10.2 Å². The average Bonchev–Trinajstić information content (AvgIpc) is 2.37. The van der Waals surface area contributed by atoms with Crippen LogP contribution in [-0.2, 0) is 13.1 Å². The van der Waals surface area contributed by atoms with E-state index in [9.17, 15) is 0 Å². The first-order valence-corrected chi connectivity index (χ1v) is 7.57. The van der Waals surface area contributed by atoms with Crippen LogP contribution in [0.15, 0.2) is 22.7 Å². The number of hydrogen-bond acceptors (Lipinski definition) is 2. The van der Waals surface area contributed by atoms with Gasteiger partial charge >= 0.3 is 0 Å². The maximum Gasteiger partial charge on any atom is 0.0247 e. The molecule has 0 aliphatic rings. The monoisotopic (exact) mass is 312 g/mol. The minimum absolute atomic E-state index is 0.638. The van der Waals surface area contributed by atoms with E-state index in [4.69, 9.17) is 0 Å². The van der Waals surface area contributed by atoms with Crippen molar-refractivity contribution in [2.75, 3.05) is 13.6 Å². The molecule has 0 spiro atoms. The third-order valence-corrected chi connectivity index (χ3v) is 4.23. The molecule has 2 nitrogen and oxygen atoms in total. The fraction of sp³-hybridized carbons (Fsp3) is 0.600. The maximum absolute atomic E-state index is 3.69. The van der Waals surface area contributed by atoms with Crippen molar-refractivity contribution < 1.29 is 0 Å². The second kappa shape index (κ2) is 7.93. The normalized spacial score (nSPS) is 13.0. The van der Waals surface area contributed by atoms with E-state index >= 15 is 0 Å². The fourth-order valence-corrected chi connectivity index (χ4v) is 2.64. The van der Waals surface area contributed by atoms with E-state index in [1.807, 2.05) is 7.05 Å². The molecule has 102 valence electrons. The second-order valence-corrected chi connectivity index (χ2v) is 5.63. The second-order valence-electron chi connectivity index (χ2n) is 4.78. The summed E-state index contributed by atoms with van der Waals surface area (Å²) in [7, 11) is 1.98. The number of nitrogens with zero attached hydrogens (tertiary/aromatic N) is 1. The Morgan fingerprint density at radius 3 is 2.56 bits per heavy atom. The Labute approximate surface area is 120 Å². The third-order valence-electron chi connectivity index (χ3n) is 3.49. The van der Waals surface area contributed by atoms with E-state index in [1.165, 1.54) is 22.0 Å². The zero-order valence-corrected chi connectivity index (χ0v) is 13.5. The van der Waals surface area contributed by atoms with E-state index in [0.29, 0.717) is 6.04 Å². The summed E-state index contributed by atoms with van der Waals surface area (Å²) in [4.78, 5) is 2.51. The van der Waals surface area contributed by atoms with Gasteiger partial charge in [0.2, 0.25) is 0 Å². The molecule has 18 heavy (non-hydrogen) atoms. The smallest absolute Gasteiger partial charge is 0.0247 e. The first-order valence-electron chi connectivity index (χ1n) is 6.78. The zero-order chi connectivity index (χ0) is 13.5. The summed E-state index contributed by atoms with van der Waals surface area (Å²) >= 11 is 3.69. The van der Waals surface area contributed by atoms with Crippen LogP contribution in [0.1, 0.15) is 38.3 Å². The van der Waals surface area contributed by atoms with Crippen LogP contribution in [0.25, 0.3) is 0 Å². The molecule has 1 N–H and O–H groups in total. The predicted octanol–water partition coefficient (Wildman–Crippen LogP) is 3.79. The summed E-state index contributed by atoms with van der Waals surface area (Å²) in [6.07, 6.45) is 1.20. The topological polar surface area (TPSA) is 15.3 Å². The summed E-state index contributed by atoms with van der Waals surface area (Å²) in [5, 5.41) is 3.18. The Morgan fingerprint density at radius 1 is 1.33 bits per heavy atom. The summed E-state index contributed by atoms with van der Waals surface area (Å²) < 4.78 is 1.22. The highest BCUT2D eigenvalue weighted by atomic mass is 79.9. The van der Waals surface area contributed by atoms with E-state index in [0.717, 1.165) is 19.6 Å². The van der Waals surface area contributed by atoms with Crippen molar-refractivity contribution in [1.29, 1.82) is 0 Å². The van der Waals surface area contributed by atoms with Crippen molar-refractivity contribution in [2.24, 2.45) is 0 Å². The van der Waals surface area contributed by atoms with Gasteiger partial charge in [-0.3, -0.25) is 4.90 Å². The average molecular weight is 313 g/mol.